The maximum atomic E-state index is 13.3. The van der Waals surface area contributed by atoms with Gasteiger partial charge in [-0.25, -0.2) is 14.4 Å². The number of hydrogen-bond donors (Lipinski definition) is 0. The summed E-state index contributed by atoms with van der Waals surface area (Å²) in [6.45, 7) is 0. The number of aromatic nitrogens is 3. The van der Waals surface area contributed by atoms with Gasteiger partial charge >= 0.3 is 6.01 Å². The van der Waals surface area contributed by atoms with Gasteiger partial charge in [0, 0.05) is 0 Å². The number of benzene rings is 1. The van der Waals surface area contributed by atoms with Gasteiger partial charge in [-0.1, -0.05) is 12.1 Å². The van der Waals surface area contributed by atoms with Gasteiger partial charge in [0.15, 0.2) is 18.0 Å². The highest BCUT2D eigenvalue weighted by Crippen LogP contribution is 2.22. The van der Waals surface area contributed by atoms with Crippen LogP contribution in [-0.2, 0) is 0 Å². The Kier molecular flexibility index (Phi) is 2.18. The normalized spacial score (nSPS) is 10.6. The van der Waals surface area contributed by atoms with Crippen molar-refractivity contribution in [1.29, 1.82) is 0 Å². The lowest BCUT2D eigenvalue weighted by atomic mass is 10.3. The molecule has 5 nitrogen and oxygen atoms in total. The van der Waals surface area contributed by atoms with Gasteiger partial charge in [0.2, 0.25) is 0 Å². The number of para-hydroxylation sites is 1. The molecule has 6 heteroatoms. The molecule has 0 amide bonds. The monoisotopic (exact) mass is 231 g/mol. The Labute approximate surface area is 94.9 Å². The molecule has 17 heavy (non-hydrogen) atoms. The number of hydrogen-bond acceptors (Lipinski definition) is 5. The first-order valence-corrected chi connectivity index (χ1v) is 4.81. The summed E-state index contributed by atoms with van der Waals surface area (Å²) in [5.41, 5.74) is 0.817. The lowest BCUT2D eigenvalue weighted by Crippen LogP contribution is -1.93. The summed E-state index contributed by atoms with van der Waals surface area (Å²) >= 11 is 0. The molecule has 0 fully saturated rings. The van der Waals surface area contributed by atoms with E-state index in [1.165, 1.54) is 24.7 Å². The summed E-state index contributed by atoms with van der Waals surface area (Å²) in [6, 6.07) is 6.03. The summed E-state index contributed by atoms with van der Waals surface area (Å²) in [5.74, 6) is -0.417. The second kappa shape index (κ2) is 3.82. The molecule has 84 valence electrons. The predicted molar refractivity (Wildman–Crippen MR) is 56.1 cm³/mol. The van der Waals surface area contributed by atoms with Crippen LogP contribution in [0, 0.1) is 5.82 Å². The minimum atomic E-state index is -0.478. The second-order valence-corrected chi connectivity index (χ2v) is 3.23. The van der Waals surface area contributed by atoms with E-state index in [9.17, 15) is 4.39 Å². The zero-order valence-electron chi connectivity index (χ0n) is 8.50. The molecular weight excluding hydrogens is 225 g/mol. The van der Waals surface area contributed by atoms with Crippen LogP contribution < -0.4 is 4.74 Å². The average molecular weight is 231 g/mol. The third-order valence-corrected chi connectivity index (χ3v) is 2.11. The van der Waals surface area contributed by atoms with Gasteiger partial charge in [-0.2, -0.15) is 4.98 Å². The molecule has 0 unspecified atom stereocenters. The zero-order valence-corrected chi connectivity index (χ0v) is 8.50. The molecule has 1 aromatic carbocycles. The fourth-order valence-corrected chi connectivity index (χ4v) is 1.33. The number of halogens is 1. The third kappa shape index (κ3) is 1.80. The number of oxazole rings is 1. The smallest absolute Gasteiger partial charge is 0.325 e. The van der Waals surface area contributed by atoms with E-state index in [0.29, 0.717) is 11.2 Å². The Morgan fingerprint density at radius 1 is 1.18 bits per heavy atom. The van der Waals surface area contributed by atoms with Crippen LogP contribution in [0.15, 0.2) is 41.3 Å². The van der Waals surface area contributed by atoms with Gasteiger partial charge in [-0.05, 0) is 12.1 Å². The first-order valence-electron chi connectivity index (χ1n) is 4.81. The molecule has 0 aliphatic rings. The van der Waals surface area contributed by atoms with Crippen molar-refractivity contribution >= 4 is 11.2 Å². The molecule has 3 aromatic rings. The zero-order chi connectivity index (χ0) is 11.7. The van der Waals surface area contributed by atoms with Crippen LogP contribution in [0.4, 0.5) is 4.39 Å². The molecule has 0 N–H and O–H groups in total. The molecule has 0 aliphatic heterocycles. The van der Waals surface area contributed by atoms with Crippen LogP contribution in [0.1, 0.15) is 0 Å². The Morgan fingerprint density at radius 2 is 2.06 bits per heavy atom. The largest absolute Gasteiger partial charge is 0.425 e. The maximum Gasteiger partial charge on any atom is 0.325 e. The topological polar surface area (TPSA) is 61.0 Å². The fraction of sp³-hybridized carbons (Fsp3) is 0. The minimum absolute atomic E-state index is 0.0133. The van der Waals surface area contributed by atoms with E-state index in [4.69, 9.17) is 9.15 Å². The maximum absolute atomic E-state index is 13.3. The van der Waals surface area contributed by atoms with E-state index in [0.717, 1.165) is 0 Å². The van der Waals surface area contributed by atoms with Crippen LogP contribution in [-0.4, -0.2) is 15.0 Å². The summed E-state index contributed by atoms with van der Waals surface area (Å²) in [6.07, 6.45) is 2.70. The summed E-state index contributed by atoms with van der Waals surface area (Å²) in [4.78, 5) is 11.7. The summed E-state index contributed by atoms with van der Waals surface area (Å²) in [5, 5.41) is 0. The van der Waals surface area contributed by atoms with Crippen LogP contribution in [0.2, 0.25) is 0 Å². The van der Waals surface area contributed by atoms with Gasteiger partial charge in [0.25, 0.3) is 5.71 Å². The lowest BCUT2D eigenvalue weighted by molar-refractivity contribution is 0.410. The summed E-state index contributed by atoms with van der Waals surface area (Å²) < 4.78 is 23.5. The molecule has 3 rings (SSSR count). The number of nitrogens with zero attached hydrogens (tertiary/aromatic N) is 3. The van der Waals surface area contributed by atoms with E-state index in [-0.39, 0.29) is 11.8 Å². The fourth-order valence-electron chi connectivity index (χ4n) is 1.33. The molecule has 0 saturated heterocycles. The highest BCUT2D eigenvalue weighted by atomic mass is 19.1. The lowest BCUT2D eigenvalue weighted by Gasteiger charge is -2.03. The molecule has 0 atom stereocenters. The predicted octanol–water partition coefficient (Wildman–Crippen LogP) is 2.55. The van der Waals surface area contributed by atoms with Crippen molar-refractivity contribution in [2.75, 3.05) is 0 Å². The molecule has 0 radical (unpaired) electrons. The van der Waals surface area contributed by atoms with Crippen molar-refractivity contribution in [3.8, 4) is 11.8 Å². The second-order valence-electron chi connectivity index (χ2n) is 3.23. The van der Waals surface area contributed by atoms with Gasteiger partial charge in [0.1, 0.15) is 5.52 Å². The van der Waals surface area contributed by atoms with Crippen LogP contribution in [0.5, 0.6) is 11.8 Å². The van der Waals surface area contributed by atoms with Gasteiger partial charge in [0.05, 0.1) is 6.20 Å². The molecular formula is C11H6FN3O2. The highest BCUT2D eigenvalue weighted by Gasteiger charge is 2.08. The van der Waals surface area contributed by atoms with E-state index >= 15 is 0 Å². The van der Waals surface area contributed by atoms with Crippen LogP contribution in [0.25, 0.3) is 11.2 Å². The number of fused-ring (bicyclic) bond motifs is 1. The van der Waals surface area contributed by atoms with Crippen molar-refractivity contribution in [3.63, 3.8) is 0 Å². The van der Waals surface area contributed by atoms with Crippen molar-refractivity contribution in [2.24, 2.45) is 0 Å². The van der Waals surface area contributed by atoms with E-state index in [1.807, 2.05) is 0 Å². The van der Waals surface area contributed by atoms with Crippen molar-refractivity contribution in [2.45, 2.75) is 0 Å². The average Bonchev–Trinajstić information content (AvgIpc) is 2.79. The van der Waals surface area contributed by atoms with Crippen molar-refractivity contribution in [1.82, 2.24) is 15.0 Å². The Bertz CT molecular complexity index is 668. The first kappa shape index (κ1) is 9.71. The van der Waals surface area contributed by atoms with Gasteiger partial charge in [-0.15, -0.1) is 0 Å². The Morgan fingerprint density at radius 3 is 2.94 bits per heavy atom. The molecule has 0 bridgehead atoms. The van der Waals surface area contributed by atoms with Gasteiger partial charge < -0.3 is 9.15 Å². The quantitative estimate of drug-likeness (QED) is 0.678. The van der Waals surface area contributed by atoms with E-state index in [2.05, 4.69) is 15.0 Å². The standard InChI is InChI=1S/C11H6FN3O2/c12-7-3-1-2-4-9(7)17-11-13-5-8-10(15-11)16-6-14-8/h1-6H. The SMILES string of the molecule is Fc1ccccc1Oc1ncc2ncoc2n1. The van der Waals surface area contributed by atoms with Crippen LogP contribution >= 0.6 is 0 Å². The first-order chi connectivity index (χ1) is 8.33. The third-order valence-electron chi connectivity index (χ3n) is 2.11. The van der Waals surface area contributed by atoms with E-state index < -0.39 is 5.82 Å². The van der Waals surface area contributed by atoms with Crippen LogP contribution in [0.3, 0.4) is 0 Å². The molecule has 0 spiro atoms. The molecule has 0 aliphatic carbocycles. The molecule has 2 aromatic heterocycles. The van der Waals surface area contributed by atoms with E-state index in [1.54, 1.807) is 12.1 Å². The molecule has 0 saturated carbocycles. The highest BCUT2D eigenvalue weighted by molar-refractivity contribution is 5.66. The minimum Gasteiger partial charge on any atom is -0.425 e. The Balaban J connectivity index is 1.97. The number of rotatable bonds is 2. The van der Waals surface area contributed by atoms with Crippen molar-refractivity contribution in [3.05, 3.63) is 42.7 Å². The number of ether oxygens (including phenoxy) is 1. The molecule has 2 heterocycles. The van der Waals surface area contributed by atoms with Crippen molar-refractivity contribution < 1.29 is 13.5 Å². The Hall–Kier alpha value is -2.50. The summed E-state index contributed by atoms with van der Waals surface area (Å²) in [7, 11) is 0. The van der Waals surface area contributed by atoms with Gasteiger partial charge in [-0.3, -0.25) is 0 Å².